The second-order valence-corrected chi connectivity index (χ2v) is 6.00. The summed E-state index contributed by atoms with van der Waals surface area (Å²) in [5.74, 6) is -0.0928. The van der Waals surface area contributed by atoms with Gasteiger partial charge in [-0.1, -0.05) is 41.7 Å². The van der Waals surface area contributed by atoms with E-state index in [9.17, 15) is 4.79 Å². The van der Waals surface area contributed by atoms with Crippen molar-refractivity contribution in [3.8, 4) is 11.3 Å². The standard InChI is InChI=1S/C11H9IN2OS/c1-7(15)13-11-14-9(10(12)16-11)8-5-3-2-4-6-8/h2-6H,1H3,(H,13,14,15). The minimum absolute atomic E-state index is 0.0928. The van der Waals surface area contributed by atoms with Crippen molar-refractivity contribution in [2.45, 2.75) is 6.92 Å². The third-order valence-corrected chi connectivity index (χ3v) is 3.85. The molecule has 1 N–H and O–H groups in total. The number of benzene rings is 1. The highest BCUT2D eigenvalue weighted by atomic mass is 127. The van der Waals surface area contributed by atoms with Crippen LogP contribution < -0.4 is 5.32 Å². The lowest BCUT2D eigenvalue weighted by molar-refractivity contribution is -0.114. The summed E-state index contributed by atoms with van der Waals surface area (Å²) in [4.78, 5) is 15.3. The van der Waals surface area contributed by atoms with Gasteiger partial charge in [-0.15, -0.1) is 0 Å². The summed E-state index contributed by atoms with van der Waals surface area (Å²) in [6.45, 7) is 1.48. The Balaban J connectivity index is 2.36. The molecule has 0 unspecified atom stereocenters. The van der Waals surface area contributed by atoms with Gasteiger partial charge >= 0.3 is 0 Å². The maximum absolute atomic E-state index is 10.9. The fourth-order valence-electron chi connectivity index (χ4n) is 1.28. The monoisotopic (exact) mass is 344 g/mol. The first-order chi connectivity index (χ1) is 7.66. The molecule has 0 saturated heterocycles. The number of carbonyl (C=O) groups excluding carboxylic acids is 1. The Morgan fingerprint density at radius 3 is 2.69 bits per heavy atom. The van der Waals surface area contributed by atoms with Crippen molar-refractivity contribution in [3.63, 3.8) is 0 Å². The molecule has 2 aromatic rings. The fourth-order valence-corrected chi connectivity index (χ4v) is 3.10. The highest BCUT2D eigenvalue weighted by Gasteiger charge is 2.10. The molecule has 1 aromatic heterocycles. The molecular weight excluding hydrogens is 335 g/mol. The lowest BCUT2D eigenvalue weighted by Crippen LogP contribution is -2.04. The minimum Gasteiger partial charge on any atom is -0.302 e. The number of halogens is 1. The Morgan fingerprint density at radius 2 is 2.06 bits per heavy atom. The Kier molecular flexibility index (Phi) is 3.55. The van der Waals surface area contributed by atoms with E-state index in [-0.39, 0.29) is 5.91 Å². The van der Waals surface area contributed by atoms with Crippen molar-refractivity contribution in [1.29, 1.82) is 0 Å². The van der Waals surface area contributed by atoms with Crippen LogP contribution in [0.4, 0.5) is 5.13 Å². The normalized spacial score (nSPS) is 10.1. The number of aromatic nitrogens is 1. The second kappa shape index (κ2) is 4.92. The molecule has 0 atom stereocenters. The number of nitrogens with one attached hydrogen (secondary N) is 1. The number of rotatable bonds is 2. The van der Waals surface area contributed by atoms with Gasteiger partial charge in [0.2, 0.25) is 5.91 Å². The van der Waals surface area contributed by atoms with Gasteiger partial charge in [0.25, 0.3) is 0 Å². The highest BCUT2D eigenvalue weighted by Crippen LogP contribution is 2.31. The summed E-state index contributed by atoms with van der Waals surface area (Å²) >= 11 is 3.72. The molecule has 5 heteroatoms. The summed E-state index contributed by atoms with van der Waals surface area (Å²) in [5, 5.41) is 3.35. The fraction of sp³-hybridized carbons (Fsp3) is 0.0909. The van der Waals surface area contributed by atoms with Crippen LogP contribution >= 0.6 is 33.9 Å². The zero-order chi connectivity index (χ0) is 11.5. The van der Waals surface area contributed by atoms with Gasteiger partial charge in [0.1, 0.15) is 0 Å². The third-order valence-electron chi connectivity index (χ3n) is 1.92. The first kappa shape index (κ1) is 11.5. The molecule has 1 heterocycles. The maximum atomic E-state index is 10.9. The topological polar surface area (TPSA) is 42.0 Å². The van der Waals surface area contributed by atoms with E-state index in [0.717, 1.165) is 14.1 Å². The first-order valence-electron chi connectivity index (χ1n) is 4.66. The van der Waals surface area contributed by atoms with E-state index in [1.165, 1.54) is 18.3 Å². The van der Waals surface area contributed by atoms with E-state index in [4.69, 9.17) is 0 Å². The van der Waals surface area contributed by atoms with E-state index >= 15 is 0 Å². The van der Waals surface area contributed by atoms with Crippen molar-refractivity contribution < 1.29 is 4.79 Å². The molecule has 3 nitrogen and oxygen atoms in total. The SMILES string of the molecule is CC(=O)Nc1nc(-c2ccccc2)c(I)s1. The van der Waals surface area contributed by atoms with Gasteiger partial charge in [0.15, 0.2) is 5.13 Å². The third kappa shape index (κ3) is 2.59. The second-order valence-electron chi connectivity index (χ2n) is 3.19. The van der Waals surface area contributed by atoms with Gasteiger partial charge in [-0.3, -0.25) is 4.79 Å². The van der Waals surface area contributed by atoms with Crippen LogP contribution in [0, 0.1) is 2.88 Å². The van der Waals surface area contributed by atoms with Gasteiger partial charge < -0.3 is 5.32 Å². The smallest absolute Gasteiger partial charge is 0.223 e. The lowest BCUT2D eigenvalue weighted by atomic mass is 10.2. The summed E-state index contributed by atoms with van der Waals surface area (Å²) in [5.41, 5.74) is 2.00. The summed E-state index contributed by atoms with van der Waals surface area (Å²) in [6, 6.07) is 9.94. The zero-order valence-electron chi connectivity index (χ0n) is 8.53. The van der Waals surface area contributed by atoms with Gasteiger partial charge in [-0.2, -0.15) is 0 Å². The molecule has 0 radical (unpaired) electrons. The molecule has 0 aliphatic rings. The van der Waals surface area contributed by atoms with Crippen molar-refractivity contribution in [3.05, 3.63) is 33.2 Å². The van der Waals surface area contributed by atoms with Crippen molar-refractivity contribution >= 4 is 45.0 Å². The van der Waals surface area contributed by atoms with Crippen LogP contribution in [0.15, 0.2) is 30.3 Å². The van der Waals surface area contributed by atoms with Gasteiger partial charge in [-0.05, 0) is 22.6 Å². The molecule has 0 fully saturated rings. The van der Waals surface area contributed by atoms with Crippen LogP contribution in [-0.2, 0) is 4.79 Å². The van der Waals surface area contributed by atoms with Crippen molar-refractivity contribution in [1.82, 2.24) is 4.98 Å². The number of carbonyl (C=O) groups is 1. The van der Waals surface area contributed by atoms with E-state index in [1.807, 2.05) is 30.3 Å². The largest absolute Gasteiger partial charge is 0.302 e. The Labute approximate surface area is 111 Å². The number of hydrogen-bond acceptors (Lipinski definition) is 3. The number of nitrogens with zero attached hydrogens (tertiary/aromatic N) is 1. The average molecular weight is 344 g/mol. The Morgan fingerprint density at radius 1 is 1.38 bits per heavy atom. The van der Waals surface area contributed by atoms with E-state index in [0.29, 0.717) is 5.13 Å². The van der Waals surface area contributed by atoms with Crippen LogP contribution in [0.5, 0.6) is 0 Å². The zero-order valence-corrected chi connectivity index (χ0v) is 11.5. The van der Waals surface area contributed by atoms with Crippen LogP contribution in [0.25, 0.3) is 11.3 Å². The van der Waals surface area contributed by atoms with E-state index in [1.54, 1.807) is 0 Å². The van der Waals surface area contributed by atoms with Crippen molar-refractivity contribution in [2.24, 2.45) is 0 Å². The van der Waals surface area contributed by atoms with Gasteiger partial charge in [0.05, 0.1) is 8.58 Å². The molecule has 0 aliphatic carbocycles. The Hall–Kier alpha value is -0.950. The number of amides is 1. The molecular formula is C11H9IN2OS. The summed E-state index contributed by atoms with van der Waals surface area (Å²) in [6.07, 6.45) is 0. The number of thiazole rings is 1. The molecule has 1 aromatic carbocycles. The first-order valence-corrected chi connectivity index (χ1v) is 6.55. The molecule has 2 rings (SSSR count). The molecule has 0 bridgehead atoms. The minimum atomic E-state index is -0.0928. The summed E-state index contributed by atoms with van der Waals surface area (Å²) < 4.78 is 1.08. The molecule has 16 heavy (non-hydrogen) atoms. The Bertz CT molecular complexity index is 510. The van der Waals surface area contributed by atoms with Gasteiger partial charge in [-0.25, -0.2) is 4.98 Å². The summed E-state index contributed by atoms with van der Waals surface area (Å²) in [7, 11) is 0. The molecule has 0 aliphatic heterocycles. The van der Waals surface area contributed by atoms with Crippen LogP contribution in [0.3, 0.4) is 0 Å². The predicted octanol–water partition coefficient (Wildman–Crippen LogP) is 3.37. The van der Waals surface area contributed by atoms with Crippen molar-refractivity contribution in [2.75, 3.05) is 5.32 Å². The average Bonchev–Trinajstić information content (AvgIpc) is 2.60. The lowest BCUT2D eigenvalue weighted by Gasteiger charge is -1.96. The quantitative estimate of drug-likeness (QED) is 0.849. The molecule has 82 valence electrons. The van der Waals surface area contributed by atoms with Crippen LogP contribution in [0.1, 0.15) is 6.92 Å². The number of hydrogen-bond donors (Lipinski definition) is 1. The van der Waals surface area contributed by atoms with E-state index in [2.05, 4.69) is 32.9 Å². The molecule has 0 saturated carbocycles. The molecule has 1 amide bonds. The number of anilines is 1. The van der Waals surface area contributed by atoms with E-state index < -0.39 is 0 Å². The van der Waals surface area contributed by atoms with Crippen LogP contribution in [0.2, 0.25) is 0 Å². The highest BCUT2D eigenvalue weighted by molar-refractivity contribution is 14.1. The van der Waals surface area contributed by atoms with Crippen LogP contribution in [-0.4, -0.2) is 10.9 Å². The maximum Gasteiger partial charge on any atom is 0.223 e. The van der Waals surface area contributed by atoms with Gasteiger partial charge in [0, 0.05) is 12.5 Å². The predicted molar refractivity (Wildman–Crippen MR) is 74.6 cm³/mol. The molecule has 0 spiro atoms.